The van der Waals surface area contributed by atoms with Gasteiger partial charge in [-0.15, -0.1) is 0 Å². The van der Waals surface area contributed by atoms with Crippen LogP contribution in [0.2, 0.25) is 0 Å². The van der Waals surface area contributed by atoms with Crippen LogP contribution in [0.25, 0.3) is 10.9 Å². The molecule has 3 N–H and O–H groups in total. The summed E-state index contributed by atoms with van der Waals surface area (Å²) in [5.41, 5.74) is 7.87. The van der Waals surface area contributed by atoms with Gasteiger partial charge in [0, 0.05) is 33.6 Å². The van der Waals surface area contributed by atoms with Crippen molar-refractivity contribution < 1.29 is 9.47 Å². The summed E-state index contributed by atoms with van der Waals surface area (Å²) in [6, 6.07) is 13.9. The molecule has 0 saturated carbocycles. The van der Waals surface area contributed by atoms with Gasteiger partial charge in [-0.05, 0) is 12.1 Å². The molecule has 0 bridgehead atoms. The van der Waals surface area contributed by atoms with E-state index in [2.05, 4.69) is 23.2 Å². The number of rotatable bonds is 4. The number of fused-ring (bicyclic) bond motifs is 1. The molecule has 5 heteroatoms. The molecule has 1 heterocycles. The molecule has 0 radical (unpaired) electrons. The van der Waals surface area contributed by atoms with E-state index in [1.165, 1.54) is 5.39 Å². The highest BCUT2D eigenvalue weighted by molar-refractivity contribution is 7.99. The maximum Gasteiger partial charge on any atom is 0.162 e. The fourth-order valence-electron chi connectivity index (χ4n) is 2.18. The van der Waals surface area contributed by atoms with E-state index in [1.807, 2.05) is 18.2 Å². The number of hydrogen-bond acceptors (Lipinski definition) is 4. The van der Waals surface area contributed by atoms with Crippen molar-refractivity contribution in [3.63, 3.8) is 0 Å². The van der Waals surface area contributed by atoms with Crippen LogP contribution in [0.3, 0.4) is 0 Å². The third-order valence-corrected chi connectivity index (χ3v) is 4.25. The van der Waals surface area contributed by atoms with Crippen molar-refractivity contribution in [2.24, 2.45) is 0 Å². The molecule has 0 atom stereocenters. The lowest BCUT2D eigenvalue weighted by atomic mass is 10.3. The molecular weight excluding hydrogens is 284 g/mol. The Morgan fingerprint density at radius 3 is 2.43 bits per heavy atom. The van der Waals surface area contributed by atoms with Gasteiger partial charge in [0.2, 0.25) is 0 Å². The van der Waals surface area contributed by atoms with E-state index in [1.54, 1.807) is 32.0 Å². The van der Waals surface area contributed by atoms with Gasteiger partial charge in [-0.25, -0.2) is 0 Å². The van der Waals surface area contributed by atoms with E-state index >= 15 is 0 Å². The van der Waals surface area contributed by atoms with Gasteiger partial charge >= 0.3 is 0 Å². The minimum Gasteiger partial charge on any atom is -0.493 e. The van der Waals surface area contributed by atoms with Gasteiger partial charge in [0.15, 0.2) is 11.5 Å². The van der Waals surface area contributed by atoms with Crippen LogP contribution in [0.4, 0.5) is 5.69 Å². The first-order valence-corrected chi connectivity index (χ1v) is 7.30. The van der Waals surface area contributed by atoms with Gasteiger partial charge in [-0.2, -0.15) is 0 Å². The number of para-hydroxylation sites is 1. The Labute approximate surface area is 127 Å². The summed E-state index contributed by atoms with van der Waals surface area (Å²) in [5.74, 6) is 1.31. The number of nitrogens with two attached hydrogens (primary N) is 1. The first-order chi connectivity index (χ1) is 10.2. The average Bonchev–Trinajstić information content (AvgIpc) is 2.91. The molecule has 0 amide bonds. The lowest BCUT2D eigenvalue weighted by Gasteiger charge is -2.11. The maximum atomic E-state index is 6.09. The molecule has 0 aliphatic carbocycles. The number of ether oxygens (including phenoxy) is 2. The first-order valence-electron chi connectivity index (χ1n) is 6.48. The van der Waals surface area contributed by atoms with E-state index < -0.39 is 0 Å². The molecule has 0 saturated heterocycles. The fourth-order valence-corrected chi connectivity index (χ4v) is 3.11. The predicted octanol–water partition coefficient (Wildman–Crippen LogP) is 3.92. The lowest BCUT2D eigenvalue weighted by molar-refractivity contribution is 0.354. The zero-order valence-corrected chi connectivity index (χ0v) is 12.7. The number of aromatic amines is 1. The van der Waals surface area contributed by atoms with Gasteiger partial charge < -0.3 is 20.2 Å². The second-order valence-electron chi connectivity index (χ2n) is 4.57. The van der Waals surface area contributed by atoms with E-state index in [0.717, 1.165) is 15.4 Å². The molecule has 3 aromatic rings. The Hall–Kier alpha value is -2.27. The number of methoxy groups -OCH3 is 2. The lowest BCUT2D eigenvalue weighted by Crippen LogP contribution is -1.95. The molecule has 0 fully saturated rings. The van der Waals surface area contributed by atoms with Crippen molar-refractivity contribution in [3.8, 4) is 11.5 Å². The van der Waals surface area contributed by atoms with Crippen LogP contribution >= 0.6 is 11.8 Å². The number of benzene rings is 2. The Bertz CT molecular complexity index is 750. The molecule has 0 spiro atoms. The largest absolute Gasteiger partial charge is 0.493 e. The monoisotopic (exact) mass is 300 g/mol. The highest BCUT2D eigenvalue weighted by Crippen LogP contribution is 2.40. The van der Waals surface area contributed by atoms with Crippen molar-refractivity contribution in [1.29, 1.82) is 0 Å². The average molecular weight is 300 g/mol. The first kappa shape index (κ1) is 13.7. The van der Waals surface area contributed by atoms with Crippen LogP contribution in [0, 0.1) is 0 Å². The summed E-state index contributed by atoms with van der Waals surface area (Å²) >= 11 is 1.57. The van der Waals surface area contributed by atoms with Crippen molar-refractivity contribution >= 4 is 28.4 Å². The number of hydrogen-bond donors (Lipinski definition) is 2. The van der Waals surface area contributed by atoms with E-state index in [-0.39, 0.29) is 0 Å². The third-order valence-electron chi connectivity index (χ3n) is 3.24. The zero-order chi connectivity index (χ0) is 14.8. The quantitative estimate of drug-likeness (QED) is 0.717. The zero-order valence-electron chi connectivity index (χ0n) is 11.8. The highest BCUT2D eigenvalue weighted by atomic mass is 32.2. The topological polar surface area (TPSA) is 60.3 Å². The minimum absolute atomic E-state index is 0.635. The van der Waals surface area contributed by atoms with Crippen molar-refractivity contribution in [1.82, 2.24) is 4.98 Å². The number of H-pyrrole nitrogens is 1. The summed E-state index contributed by atoms with van der Waals surface area (Å²) in [6.45, 7) is 0. The summed E-state index contributed by atoms with van der Waals surface area (Å²) in [4.78, 5) is 4.30. The number of aromatic nitrogens is 1. The number of nitrogen functional groups attached to an aromatic ring is 1. The molecular formula is C16H16N2O2S. The second-order valence-corrected chi connectivity index (χ2v) is 5.65. The van der Waals surface area contributed by atoms with E-state index in [9.17, 15) is 0 Å². The number of anilines is 1. The van der Waals surface area contributed by atoms with E-state index in [0.29, 0.717) is 17.2 Å². The van der Waals surface area contributed by atoms with Gasteiger partial charge in [0.25, 0.3) is 0 Å². The Morgan fingerprint density at radius 1 is 1.00 bits per heavy atom. The molecule has 1 aromatic heterocycles. The van der Waals surface area contributed by atoms with Crippen molar-refractivity contribution in [2.45, 2.75) is 9.92 Å². The fraction of sp³-hybridized carbons (Fsp3) is 0.125. The van der Waals surface area contributed by atoms with Gasteiger partial charge in [-0.1, -0.05) is 30.0 Å². The normalized spacial score (nSPS) is 10.8. The third kappa shape index (κ3) is 2.64. The van der Waals surface area contributed by atoms with Crippen molar-refractivity contribution in [3.05, 3.63) is 42.5 Å². The van der Waals surface area contributed by atoms with Crippen LogP contribution < -0.4 is 15.2 Å². The van der Waals surface area contributed by atoms with Crippen LogP contribution in [0.15, 0.2) is 52.4 Å². The summed E-state index contributed by atoms with van der Waals surface area (Å²) in [5, 5.41) is 2.22. The summed E-state index contributed by atoms with van der Waals surface area (Å²) in [7, 11) is 3.22. The van der Waals surface area contributed by atoms with Gasteiger partial charge in [0.1, 0.15) is 0 Å². The number of nitrogens with one attached hydrogen (secondary N) is 1. The minimum atomic E-state index is 0.635. The molecule has 4 nitrogen and oxygen atoms in total. The van der Waals surface area contributed by atoms with Crippen LogP contribution in [-0.4, -0.2) is 19.2 Å². The van der Waals surface area contributed by atoms with Crippen LogP contribution in [0.5, 0.6) is 11.5 Å². The smallest absolute Gasteiger partial charge is 0.162 e. The standard InChI is InChI=1S/C16H16N2O2S/c1-19-13-8-11(17)15(9-14(13)20-2)21-16-7-10-5-3-4-6-12(10)18-16/h3-9,18H,17H2,1-2H3. The molecule has 21 heavy (non-hydrogen) atoms. The Kier molecular flexibility index (Phi) is 3.66. The molecule has 108 valence electrons. The van der Waals surface area contributed by atoms with E-state index in [4.69, 9.17) is 15.2 Å². The second kappa shape index (κ2) is 5.61. The molecule has 0 aliphatic heterocycles. The maximum absolute atomic E-state index is 6.09. The van der Waals surface area contributed by atoms with Crippen molar-refractivity contribution in [2.75, 3.05) is 20.0 Å². The molecule has 0 aliphatic rings. The predicted molar refractivity (Wildman–Crippen MR) is 86.4 cm³/mol. The Balaban J connectivity index is 1.97. The SMILES string of the molecule is COc1cc(N)c(Sc2cc3ccccc3[nH]2)cc1OC. The molecule has 0 unspecified atom stereocenters. The van der Waals surface area contributed by atoms with Crippen LogP contribution in [-0.2, 0) is 0 Å². The van der Waals surface area contributed by atoms with Gasteiger partial charge in [-0.3, -0.25) is 0 Å². The van der Waals surface area contributed by atoms with Crippen LogP contribution in [0.1, 0.15) is 0 Å². The molecule has 2 aromatic carbocycles. The summed E-state index contributed by atoms with van der Waals surface area (Å²) < 4.78 is 10.6. The molecule has 3 rings (SSSR count). The summed E-state index contributed by atoms with van der Waals surface area (Å²) in [6.07, 6.45) is 0. The highest BCUT2D eigenvalue weighted by Gasteiger charge is 2.11. The Morgan fingerprint density at radius 2 is 1.71 bits per heavy atom. The van der Waals surface area contributed by atoms with Gasteiger partial charge in [0.05, 0.1) is 19.2 Å².